The normalized spacial score (nSPS) is 23.7. The lowest BCUT2D eigenvalue weighted by molar-refractivity contribution is 0.0485. The van der Waals surface area contributed by atoms with E-state index in [1.54, 1.807) is 18.2 Å². The highest BCUT2D eigenvalue weighted by Crippen LogP contribution is 2.49. The number of urea groups is 1. The van der Waals surface area contributed by atoms with Crippen LogP contribution in [0.1, 0.15) is 63.0 Å². The molecule has 0 bridgehead atoms. The van der Waals surface area contributed by atoms with Crippen molar-refractivity contribution in [2.24, 2.45) is 11.1 Å². The van der Waals surface area contributed by atoms with Gasteiger partial charge in [-0.1, -0.05) is 38.1 Å². The standard InChI is InChI=1S/C32H40F3N5O3S/c1-21-27(22-6-4-8-24(33)16-22)10-11-32(2,3)29(30-37-28(20-39(21)30)23-7-5-9-25(34)17-23)40(19-26(35)18-36)31(41)38-12-14-44(42,43)15-13-38/h4-9,16-17,20-21,26-27,29H,10-15,18-19,36H2,1-3H3/t21?,26-,27?,29?/m0/s1. The van der Waals surface area contributed by atoms with E-state index in [0.29, 0.717) is 29.9 Å². The maximum absolute atomic E-state index is 15.2. The second kappa shape index (κ2) is 12.5. The first kappa shape index (κ1) is 32.0. The molecule has 2 aliphatic heterocycles. The minimum Gasteiger partial charge on any atom is -0.329 e. The number of hydrogen-bond acceptors (Lipinski definition) is 5. The summed E-state index contributed by atoms with van der Waals surface area (Å²) < 4.78 is 70.1. The first-order chi connectivity index (χ1) is 20.8. The van der Waals surface area contributed by atoms with Gasteiger partial charge < -0.3 is 20.1 Å². The fourth-order valence-electron chi connectivity index (χ4n) is 6.58. The van der Waals surface area contributed by atoms with Crippen LogP contribution < -0.4 is 5.73 Å². The zero-order chi connectivity index (χ0) is 31.8. The number of aromatic nitrogens is 2. The molecule has 0 spiro atoms. The van der Waals surface area contributed by atoms with Gasteiger partial charge in [-0.3, -0.25) is 0 Å². The van der Waals surface area contributed by atoms with E-state index in [1.807, 2.05) is 37.6 Å². The maximum atomic E-state index is 15.2. The van der Waals surface area contributed by atoms with Crippen molar-refractivity contribution in [3.8, 4) is 11.3 Å². The van der Waals surface area contributed by atoms with Gasteiger partial charge >= 0.3 is 6.03 Å². The van der Waals surface area contributed by atoms with Gasteiger partial charge in [0.15, 0.2) is 9.84 Å². The van der Waals surface area contributed by atoms with Gasteiger partial charge in [0, 0.05) is 43.4 Å². The van der Waals surface area contributed by atoms with E-state index in [2.05, 4.69) is 0 Å². The number of sulfone groups is 1. The first-order valence-electron chi connectivity index (χ1n) is 15.0. The van der Waals surface area contributed by atoms with Gasteiger partial charge in [0.25, 0.3) is 0 Å². The molecule has 2 aliphatic rings. The van der Waals surface area contributed by atoms with Crippen LogP contribution in [0.25, 0.3) is 11.3 Å². The Labute approximate surface area is 257 Å². The molecule has 0 saturated carbocycles. The van der Waals surface area contributed by atoms with E-state index in [1.165, 1.54) is 34.1 Å². The summed E-state index contributed by atoms with van der Waals surface area (Å²) in [7, 11) is -3.26. The van der Waals surface area contributed by atoms with Gasteiger partial charge in [-0.25, -0.2) is 31.4 Å². The number of benzene rings is 2. The Balaban J connectivity index is 1.67. The predicted octanol–water partition coefficient (Wildman–Crippen LogP) is 5.48. The van der Waals surface area contributed by atoms with Crippen molar-refractivity contribution in [1.82, 2.24) is 19.4 Å². The molecule has 12 heteroatoms. The van der Waals surface area contributed by atoms with Gasteiger partial charge in [0.2, 0.25) is 0 Å². The summed E-state index contributed by atoms with van der Waals surface area (Å²) >= 11 is 0. The first-order valence-corrected chi connectivity index (χ1v) is 16.8. The summed E-state index contributed by atoms with van der Waals surface area (Å²) in [6, 6.07) is 11.1. The van der Waals surface area contributed by atoms with E-state index >= 15 is 4.39 Å². The van der Waals surface area contributed by atoms with E-state index < -0.39 is 39.3 Å². The lowest BCUT2D eigenvalue weighted by Gasteiger charge is -2.47. The van der Waals surface area contributed by atoms with Gasteiger partial charge in [0.05, 0.1) is 29.8 Å². The van der Waals surface area contributed by atoms with E-state index in [0.717, 1.165) is 5.56 Å². The third-order valence-electron chi connectivity index (χ3n) is 9.09. The minimum atomic E-state index is -3.26. The van der Waals surface area contributed by atoms with Crippen molar-refractivity contribution in [3.05, 3.63) is 77.8 Å². The van der Waals surface area contributed by atoms with E-state index in [9.17, 15) is 22.0 Å². The average Bonchev–Trinajstić information content (AvgIpc) is 3.40. The highest BCUT2D eigenvalue weighted by molar-refractivity contribution is 7.91. The van der Waals surface area contributed by atoms with Gasteiger partial charge in [0.1, 0.15) is 23.6 Å². The Hall–Kier alpha value is -3.38. The summed E-state index contributed by atoms with van der Waals surface area (Å²) in [5, 5.41) is 0. The lowest BCUT2D eigenvalue weighted by atomic mass is 9.73. The third kappa shape index (κ3) is 6.66. The molecular weight excluding hydrogens is 591 g/mol. The zero-order valence-electron chi connectivity index (χ0n) is 25.3. The summed E-state index contributed by atoms with van der Waals surface area (Å²) in [5.41, 5.74) is 6.89. The number of carbonyl (C=O) groups excluding carboxylic acids is 1. The smallest absolute Gasteiger partial charge is 0.320 e. The fourth-order valence-corrected chi connectivity index (χ4v) is 7.78. The molecule has 3 unspecified atom stereocenters. The summed E-state index contributed by atoms with van der Waals surface area (Å²) in [6.45, 7) is 5.40. The predicted molar refractivity (Wildman–Crippen MR) is 164 cm³/mol. The summed E-state index contributed by atoms with van der Waals surface area (Å²) in [4.78, 5) is 22.1. The molecular formula is C32H40F3N5O3S. The van der Waals surface area contributed by atoms with Gasteiger partial charge in [-0.05, 0) is 55.0 Å². The van der Waals surface area contributed by atoms with Crippen LogP contribution in [-0.4, -0.2) is 77.7 Å². The second-order valence-corrected chi connectivity index (χ2v) is 14.9. The van der Waals surface area contributed by atoms with Crippen LogP contribution in [0.3, 0.4) is 0 Å². The Bertz CT molecular complexity index is 1600. The van der Waals surface area contributed by atoms with Crippen molar-refractivity contribution < 1.29 is 26.4 Å². The molecule has 44 heavy (non-hydrogen) atoms. The van der Waals surface area contributed by atoms with Crippen LogP contribution in [0.15, 0.2) is 54.7 Å². The number of hydrogen-bond donors (Lipinski definition) is 1. The molecule has 1 aromatic heterocycles. The Morgan fingerprint density at radius 2 is 1.77 bits per heavy atom. The van der Waals surface area contributed by atoms with Crippen molar-refractivity contribution in [2.45, 2.75) is 57.8 Å². The summed E-state index contributed by atoms with van der Waals surface area (Å²) in [6.07, 6.45) is 1.52. The van der Waals surface area contributed by atoms with Crippen LogP contribution in [0, 0.1) is 17.0 Å². The largest absolute Gasteiger partial charge is 0.329 e. The Kier molecular flexibility index (Phi) is 9.13. The van der Waals surface area contributed by atoms with E-state index in [4.69, 9.17) is 10.7 Å². The number of imidazole rings is 1. The van der Waals surface area contributed by atoms with E-state index in [-0.39, 0.29) is 55.5 Å². The monoisotopic (exact) mass is 631 g/mol. The van der Waals surface area contributed by atoms with Crippen molar-refractivity contribution >= 4 is 15.9 Å². The second-order valence-electron chi connectivity index (χ2n) is 12.6. The number of carbonyl (C=O) groups is 1. The minimum absolute atomic E-state index is 0.00538. The number of amides is 2. The highest BCUT2D eigenvalue weighted by atomic mass is 32.2. The number of alkyl halides is 1. The molecule has 238 valence electrons. The van der Waals surface area contributed by atoms with Gasteiger partial charge in [-0.2, -0.15) is 0 Å². The number of nitrogens with two attached hydrogens (primary N) is 1. The molecule has 0 aliphatic carbocycles. The Morgan fingerprint density at radius 3 is 2.41 bits per heavy atom. The van der Waals surface area contributed by atoms with Crippen molar-refractivity contribution in [3.63, 3.8) is 0 Å². The molecule has 2 N–H and O–H groups in total. The number of halogens is 3. The van der Waals surface area contributed by atoms with Gasteiger partial charge in [-0.15, -0.1) is 0 Å². The van der Waals surface area contributed by atoms with Crippen LogP contribution in [0.4, 0.5) is 18.0 Å². The van der Waals surface area contributed by atoms with Crippen molar-refractivity contribution in [2.75, 3.05) is 37.7 Å². The fraction of sp³-hybridized carbons (Fsp3) is 0.500. The van der Waals surface area contributed by atoms with Crippen LogP contribution in [0.5, 0.6) is 0 Å². The SMILES string of the molecule is CC1C(c2cccc(F)c2)CCC(C)(C)C(N(C[C@@H](F)CN)C(=O)N2CCS(=O)(=O)CC2)c2nc(-c3cccc(F)c3)cn21. The van der Waals surface area contributed by atoms with Crippen molar-refractivity contribution in [1.29, 1.82) is 0 Å². The molecule has 1 fully saturated rings. The molecule has 3 heterocycles. The Morgan fingerprint density at radius 1 is 1.11 bits per heavy atom. The molecule has 1 saturated heterocycles. The summed E-state index contributed by atoms with van der Waals surface area (Å²) in [5.74, 6) is -0.719. The topological polar surface area (TPSA) is 102 Å². The average molecular weight is 632 g/mol. The molecule has 2 amide bonds. The number of fused-ring (bicyclic) bond motifs is 1. The molecule has 0 radical (unpaired) electrons. The molecule has 2 aromatic carbocycles. The molecule has 4 atom stereocenters. The maximum Gasteiger partial charge on any atom is 0.320 e. The quantitative estimate of drug-likeness (QED) is 0.388. The van der Waals surface area contributed by atoms with Crippen LogP contribution in [0.2, 0.25) is 0 Å². The third-order valence-corrected chi connectivity index (χ3v) is 10.7. The van der Waals surface area contributed by atoms with Crippen LogP contribution >= 0.6 is 0 Å². The number of nitrogens with zero attached hydrogens (tertiary/aromatic N) is 4. The zero-order valence-corrected chi connectivity index (χ0v) is 26.1. The molecule has 8 nitrogen and oxygen atoms in total. The lowest BCUT2D eigenvalue weighted by Crippen LogP contribution is -2.55. The van der Waals surface area contributed by atoms with Crippen LogP contribution in [-0.2, 0) is 9.84 Å². The molecule has 3 aromatic rings. The molecule has 5 rings (SSSR count). The highest BCUT2D eigenvalue weighted by Gasteiger charge is 2.46. The number of rotatable bonds is 6.